The SMILES string of the molecule is COCCC(C)(O)CNC(=O)NC1CCCCC1. The highest BCUT2D eigenvalue weighted by atomic mass is 16.5. The zero-order valence-corrected chi connectivity index (χ0v) is 11.5. The first-order chi connectivity index (χ1) is 8.53. The molecule has 0 saturated heterocycles. The maximum atomic E-state index is 11.7. The summed E-state index contributed by atoms with van der Waals surface area (Å²) in [5, 5.41) is 15.7. The van der Waals surface area contributed by atoms with E-state index >= 15 is 0 Å². The number of methoxy groups -OCH3 is 1. The van der Waals surface area contributed by atoms with E-state index in [0.717, 1.165) is 12.8 Å². The normalized spacial score (nSPS) is 20.2. The second kappa shape index (κ2) is 7.59. The summed E-state index contributed by atoms with van der Waals surface area (Å²) >= 11 is 0. The van der Waals surface area contributed by atoms with Gasteiger partial charge < -0.3 is 20.5 Å². The summed E-state index contributed by atoms with van der Waals surface area (Å²) in [6.45, 7) is 2.43. The van der Waals surface area contributed by atoms with E-state index in [2.05, 4.69) is 10.6 Å². The molecule has 3 N–H and O–H groups in total. The van der Waals surface area contributed by atoms with E-state index in [-0.39, 0.29) is 12.6 Å². The lowest BCUT2D eigenvalue weighted by Gasteiger charge is -2.26. The summed E-state index contributed by atoms with van der Waals surface area (Å²) in [6.07, 6.45) is 6.28. The van der Waals surface area contributed by atoms with Crippen molar-refractivity contribution in [1.29, 1.82) is 0 Å². The Morgan fingerprint density at radius 2 is 2.06 bits per heavy atom. The molecule has 0 aliphatic heterocycles. The monoisotopic (exact) mass is 258 g/mol. The van der Waals surface area contributed by atoms with Crippen molar-refractivity contribution in [3.8, 4) is 0 Å². The molecule has 2 amide bonds. The fraction of sp³-hybridized carbons (Fsp3) is 0.923. The first kappa shape index (κ1) is 15.2. The third-order valence-corrected chi connectivity index (χ3v) is 3.41. The molecule has 1 unspecified atom stereocenters. The molecule has 1 fully saturated rings. The minimum atomic E-state index is -0.917. The van der Waals surface area contributed by atoms with Crippen LogP contribution in [0.25, 0.3) is 0 Å². The first-order valence-electron chi connectivity index (χ1n) is 6.79. The molecule has 0 radical (unpaired) electrons. The average molecular weight is 258 g/mol. The number of nitrogens with one attached hydrogen (secondary N) is 2. The number of hydrogen-bond acceptors (Lipinski definition) is 3. The zero-order chi connectivity index (χ0) is 13.4. The highest BCUT2D eigenvalue weighted by Gasteiger charge is 2.22. The second-order valence-electron chi connectivity index (χ2n) is 5.40. The van der Waals surface area contributed by atoms with Crippen LogP contribution in [0.4, 0.5) is 4.79 Å². The van der Waals surface area contributed by atoms with Crippen LogP contribution in [0.5, 0.6) is 0 Å². The molecule has 5 nitrogen and oxygen atoms in total. The molecule has 0 aromatic heterocycles. The molecule has 1 rings (SSSR count). The van der Waals surface area contributed by atoms with Crippen LogP contribution in [0.2, 0.25) is 0 Å². The number of hydrogen-bond donors (Lipinski definition) is 3. The van der Waals surface area contributed by atoms with Crippen molar-refractivity contribution in [2.45, 2.75) is 57.1 Å². The number of ether oxygens (including phenoxy) is 1. The Hall–Kier alpha value is -0.810. The van der Waals surface area contributed by atoms with Crippen LogP contribution in [0.1, 0.15) is 45.4 Å². The summed E-state index contributed by atoms with van der Waals surface area (Å²) in [7, 11) is 1.60. The summed E-state index contributed by atoms with van der Waals surface area (Å²) in [4.78, 5) is 11.7. The van der Waals surface area contributed by atoms with Crippen LogP contribution < -0.4 is 10.6 Å². The van der Waals surface area contributed by atoms with E-state index in [1.165, 1.54) is 19.3 Å². The minimum absolute atomic E-state index is 0.181. The molecular formula is C13H26N2O3. The molecular weight excluding hydrogens is 232 g/mol. The maximum absolute atomic E-state index is 11.7. The van der Waals surface area contributed by atoms with Gasteiger partial charge in [0.25, 0.3) is 0 Å². The van der Waals surface area contributed by atoms with Crippen molar-refractivity contribution in [2.24, 2.45) is 0 Å². The molecule has 18 heavy (non-hydrogen) atoms. The molecule has 1 aliphatic rings. The van der Waals surface area contributed by atoms with Crippen molar-refractivity contribution in [1.82, 2.24) is 10.6 Å². The van der Waals surface area contributed by atoms with Gasteiger partial charge in [0.1, 0.15) is 0 Å². The number of amides is 2. The van der Waals surface area contributed by atoms with Gasteiger partial charge in [0.15, 0.2) is 0 Å². The lowest BCUT2D eigenvalue weighted by atomic mass is 9.96. The van der Waals surface area contributed by atoms with E-state index < -0.39 is 5.60 Å². The van der Waals surface area contributed by atoms with E-state index in [0.29, 0.717) is 19.1 Å². The summed E-state index contributed by atoms with van der Waals surface area (Å²) in [5.74, 6) is 0. The summed E-state index contributed by atoms with van der Waals surface area (Å²) in [6, 6.07) is 0.113. The predicted octanol–water partition coefficient (Wildman–Crippen LogP) is 1.41. The summed E-state index contributed by atoms with van der Waals surface area (Å²) in [5.41, 5.74) is -0.917. The molecule has 1 saturated carbocycles. The zero-order valence-electron chi connectivity index (χ0n) is 11.5. The van der Waals surface area contributed by atoms with Gasteiger partial charge in [-0.2, -0.15) is 0 Å². The summed E-state index contributed by atoms with van der Waals surface area (Å²) < 4.78 is 4.92. The fourth-order valence-corrected chi connectivity index (χ4v) is 2.16. The third-order valence-electron chi connectivity index (χ3n) is 3.41. The minimum Gasteiger partial charge on any atom is -0.388 e. The Morgan fingerprint density at radius 3 is 2.67 bits per heavy atom. The number of urea groups is 1. The van der Waals surface area contributed by atoms with Gasteiger partial charge in [-0.3, -0.25) is 0 Å². The van der Waals surface area contributed by atoms with E-state index in [9.17, 15) is 9.90 Å². The number of aliphatic hydroxyl groups is 1. The quantitative estimate of drug-likeness (QED) is 0.674. The van der Waals surface area contributed by atoms with Gasteiger partial charge in [0, 0.05) is 32.7 Å². The van der Waals surface area contributed by atoms with Crippen molar-refractivity contribution in [3.63, 3.8) is 0 Å². The van der Waals surface area contributed by atoms with E-state index in [1.54, 1.807) is 14.0 Å². The van der Waals surface area contributed by atoms with Gasteiger partial charge in [-0.1, -0.05) is 19.3 Å². The van der Waals surface area contributed by atoms with Crippen LogP contribution in [0, 0.1) is 0 Å². The molecule has 0 bridgehead atoms. The second-order valence-corrected chi connectivity index (χ2v) is 5.40. The smallest absolute Gasteiger partial charge is 0.315 e. The van der Waals surface area contributed by atoms with Crippen molar-refractivity contribution in [3.05, 3.63) is 0 Å². The van der Waals surface area contributed by atoms with Crippen molar-refractivity contribution < 1.29 is 14.6 Å². The molecule has 1 aliphatic carbocycles. The fourth-order valence-electron chi connectivity index (χ4n) is 2.16. The average Bonchev–Trinajstić information content (AvgIpc) is 2.36. The van der Waals surface area contributed by atoms with E-state index in [1.807, 2.05) is 0 Å². The van der Waals surface area contributed by atoms with Crippen molar-refractivity contribution in [2.75, 3.05) is 20.3 Å². The number of carbonyl (C=O) groups is 1. The van der Waals surface area contributed by atoms with Crippen LogP contribution in [-0.4, -0.2) is 43.0 Å². The van der Waals surface area contributed by atoms with E-state index in [4.69, 9.17) is 4.74 Å². The highest BCUT2D eigenvalue weighted by molar-refractivity contribution is 5.74. The van der Waals surface area contributed by atoms with Gasteiger partial charge in [0.05, 0.1) is 5.60 Å². The molecule has 0 heterocycles. The van der Waals surface area contributed by atoms with Crippen LogP contribution in [0.3, 0.4) is 0 Å². The lowest BCUT2D eigenvalue weighted by molar-refractivity contribution is 0.0268. The van der Waals surface area contributed by atoms with Gasteiger partial charge in [-0.25, -0.2) is 4.79 Å². The van der Waals surface area contributed by atoms with Crippen LogP contribution in [0.15, 0.2) is 0 Å². The molecule has 1 atom stereocenters. The van der Waals surface area contributed by atoms with Crippen LogP contribution >= 0.6 is 0 Å². The Bertz CT molecular complexity index is 251. The number of rotatable bonds is 6. The predicted molar refractivity (Wildman–Crippen MR) is 70.5 cm³/mol. The Kier molecular flexibility index (Phi) is 6.43. The Balaban J connectivity index is 2.19. The molecule has 0 aromatic rings. The third kappa shape index (κ3) is 6.21. The highest BCUT2D eigenvalue weighted by Crippen LogP contribution is 2.17. The Labute approximate surface area is 109 Å². The molecule has 0 spiro atoms. The van der Waals surface area contributed by atoms with Gasteiger partial charge in [-0.15, -0.1) is 0 Å². The van der Waals surface area contributed by atoms with Crippen molar-refractivity contribution >= 4 is 6.03 Å². The van der Waals surface area contributed by atoms with Gasteiger partial charge in [0.2, 0.25) is 0 Å². The first-order valence-corrected chi connectivity index (χ1v) is 6.79. The van der Waals surface area contributed by atoms with Crippen LogP contribution in [-0.2, 0) is 4.74 Å². The topological polar surface area (TPSA) is 70.6 Å². The number of carbonyl (C=O) groups excluding carboxylic acids is 1. The molecule has 0 aromatic carbocycles. The Morgan fingerprint density at radius 1 is 1.39 bits per heavy atom. The van der Waals surface area contributed by atoms with Gasteiger partial charge >= 0.3 is 6.03 Å². The largest absolute Gasteiger partial charge is 0.388 e. The maximum Gasteiger partial charge on any atom is 0.315 e. The molecule has 5 heteroatoms. The standard InChI is InChI=1S/C13H26N2O3/c1-13(17,8-9-18-2)10-14-12(16)15-11-6-4-3-5-7-11/h11,17H,3-10H2,1-2H3,(H2,14,15,16). The lowest BCUT2D eigenvalue weighted by Crippen LogP contribution is -2.48. The van der Waals surface area contributed by atoms with Gasteiger partial charge in [-0.05, 0) is 19.8 Å². The molecule has 106 valence electrons.